The number of ether oxygens (including phenoxy) is 3. The molecule has 6 rings (SSSR count). The summed E-state index contributed by atoms with van der Waals surface area (Å²) in [6, 6.07) is 8.85. The van der Waals surface area contributed by atoms with Gasteiger partial charge in [0.2, 0.25) is 17.4 Å². The fourth-order valence-electron chi connectivity index (χ4n) is 5.47. The van der Waals surface area contributed by atoms with Gasteiger partial charge in [-0.15, -0.1) is 0 Å². The van der Waals surface area contributed by atoms with E-state index in [2.05, 4.69) is 0 Å². The maximum atomic E-state index is 13.4. The maximum absolute atomic E-state index is 13.4. The molecule has 2 heterocycles. The fourth-order valence-corrected chi connectivity index (χ4v) is 5.47. The predicted molar refractivity (Wildman–Crippen MR) is 96.8 cm³/mol. The molecule has 6 atom stereocenters. The van der Waals surface area contributed by atoms with Crippen molar-refractivity contribution in [3.8, 4) is 0 Å². The first-order valence-electron chi connectivity index (χ1n) is 9.39. The molecule has 3 aliphatic carbocycles. The third-order valence-corrected chi connectivity index (χ3v) is 6.35. The quantitative estimate of drug-likeness (QED) is 0.439. The number of methoxy groups -OCH3 is 1. The number of carbonyl (C=O) groups is 3. The molecule has 1 aromatic rings. The second-order valence-corrected chi connectivity index (χ2v) is 8.21. The molecule has 0 spiro atoms. The molecule has 0 radical (unpaired) electrons. The van der Waals surface area contributed by atoms with Crippen LogP contribution in [0.3, 0.4) is 0 Å². The van der Waals surface area contributed by atoms with E-state index in [1.807, 2.05) is 18.2 Å². The van der Waals surface area contributed by atoms with Crippen LogP contribution in [-0.4, -0.2) is 42.4 Å². The van der Waals surface area contributed by atoms with E-state index >= 15 is 0 Å². The number of rotatable bonds is 2. The first-order valence-corrected chi connectivity index (χ1v) is 9.39. The zero-order valence-corrected chi connectivity index (χ0v) is 15.8. The van der Waals surface area contributed by atoms with Crippen LogP contribution in [0.15, 0.2) is 42.5 Å². The normalized spacial score (nSPS) is 39.8. The Labute approximate surface area is 162 Å². The number of anilines is 1. The van der Waals surface area contributed by atoms with Crippen LogP contribution in [0.1, 0.15) is 13.8 Å². The largest absolute Gasteiger partial charge is 0.467 e. The molecule has 7 heteroatoms. The topological polar surface area (TPSA) is 82.1 Å². The van der Waals surface area contributed by atoms with Crippen molar-refractivity contribution in [1.82, 2.24) is 0 Å². The maximum Gasteiger partial charge on any atom is 0.341 e. The number of esters is 1. The highest BCUT2D eigenvalue weighted by Gasteiger charge is 2.76. The summed E-state index contributed by atoms with van der Waals surface area (Å²) in [6.07, 6.45) is 3.03. The Balaban J connectivity index is 1.64. The van der Waals surface area contributed by atoms with Gasteiger partial charge in [-0.1, -0.05) is 30.4 Å². The molecule has 2 saturated heterocycles. The number of amides is 2. The first kappa shape index (κ1) is 17.6. The van der Waals surface area contributed by atoms with Crippen molar-refractivity contribution in [3.05, 3.63) is 42.5 Å². The monoisotopic (exact) mass is 383 g/mol. The molecule has 146 valence electrons. The van der Waals surface area contributed by atoms with E-state index in [9.17, 15) is 14.4 Å². The average Bonchev–Trinajstić information content (AvgIpc) is 3.14. The van der Waals surface area contributed by atoms with Crippen molar-refractivity contribution in [2.45, 2.75) is 31.3 Å². The van der Waals surface area contributed by atoms with Gasteiger partial charge in [0, 0.05) is 11.8 Å². The molecule has 0 aromatic heterocycles. The minimum absolute atomic E-state index is 0.257. The van der Waals surface area contributed by atoms with Gasteiger partial charge in [-0.05, 0) is 26.0 Å². The molecule has 2 amide bonds. The van der Waals surface area contributed by atoms with E-state index in [0.717, 1.165) is 0 Å². The number of imide groups is 1. The van der Waals surface area contributed by atoms with Crippen molar-refractivity contribution >= 4 is 23.5 Å². The van der Waals surface area contributed by atoms with E-state index in [0.29, 0.717) is 5.69 Å². The molecule has 2 bridgehead atoms. The molecular weight excluding hydrogens is 362 g/mol. The van der Waals surface area contributed by atoms with Gasteiger partial charge >= 0.3 is 5.97 Å². The number of nitrogens with zero attached hydrogens (tertiary/aromatic N) is 1. The second-order valence-electron chi connectivity index (χ2n) is 8.21. The summed E-state index contributed by atoms with van der Waals surface area (Å²) in [5.74, 6) is -4.50. The zero-order chi connectivity index (χ0) is 19.8. The predicted octanol–water partition coefficient (Wildman–Crippen LogP) is 1.67. The smallest absolute Gasteiger partial charge is 0.341 e. The summed E-state index contributed by atoms with van der Waals surface area (Å²) in [6.45, 7) is 3.45. The molecule has 1 aromatic carbocycles. The lowest BCUT2D eigenvalue weighted by Gasteiger charge is -2.50. The van der Waals surface area contributed by atoms with Crippen molar-refractivity contribution in [3.63, 3.8) is 0 Å². The van der Waals surface area contributed by atoms with Crippen LogP contribution in [0.5, 0.6) is 0 Å². The Morgan fingerprint density at radius 2 is 1.75 bits per heavy atom. The molecule has 5 aliphatic rings. The molecule has 1 saturated carbocycles. The summed E-state index contributed by atoms with van der Waals surface area (Å²) < 4.78 is 17.3. The molecule has 2 aliphatic heterocycles. The Bertz CT molecular complexity index is 909. The van der Waals surface area contributed by atoms with Crippen LogP contribution in [-0.2, 0) is 28.6 Å². The zero-order valence-electron chi connectivity index (χ0n) is 15.8. The van der Waals surface area contributed by atoms with Gasteiger partial charge < -0.3 is 14.2 Å². The highest BCUT2D eigenvalue weighted by Crippen LogP contribution is 2.60. The number of carbonyl (C=O) groups excluding carboxylic acids is 3. The summed E-state index contributed by atoms with van der Waals surface area (Å²) in [7, 11) is 1.30. The molecule has 3 fully saturated rings. The fraction of sp³-hybridized carbons (Fsp3) is 0.476. The van der Waals surface area contributed by atoms with Crippen LogP contribution in [0.2, 0.25) is 0 Å². The number of benzene rings is 1. The third-order valence-electron chi connectivity index (χ3n) is 6.35. The van der Waals surface area contributed by atoms with Gasteiger partial charge in [0.25, 0.3) is 0 Å². The lowest BCUT2D eigenvalue weighted by Crippen LogP contribution is -2.66. The van der Waals surface area contributed by atoms with Gasteiger partial charge in [-0.2, -0.15) is 0 Å². The summed E-state index contributed by atoms with van der Waals surface area (Å²) in [5, 5.41) is 0. The lowest BCUT2D eigenvalue weighted by molar-refractivity contribution is -0.200. The van der Waals surface area contributed by atoms with Gasteiger partial charge in [-0.3, -0.25) is 14.5 Å². The van der Waals surface area contributed by atoms with Gasteiger partial charge in [0.1, 0.15) is 6.10 Å². The summed E-state index contributed by atoms with van der Waals surface area (Å²) >= 11 is 0. The standard InChI is InChI=1S/C21H21NO6/c1-20(2)27-16-12-9-10-13(21(16,28-20)19(25)26-3)15-14(12)17(23)22(18(15)24)11-7-5-4-6-8-11/h4-10,12-16H,1-3H3/t12-,13+,14?,15?,16-,21+/m1/s1. The molecule has 28 heavy (non-hydrogen) atoms. The summed E-state index contributed by atoms with van der Waals surface area (Å²) in [4.78, 5) is 40.8. The van der Waals surface area contributed by atoms with Crippen molar-refractivity contribution in [2.75, 3.05) is 12.0 Å². The molecule has 0 N–H and O–H groups in total. The van der Waals surface area contributed by atoms with E-state index in [4.69, 9.17) is 14.2 Å². The Hall–Kier alpha value is -2.51. The molecular formula is C21H21NO6. The van der Waals surface area contributed by atoms with E-state index in [1.165, 1.54) is 12.0 Å². The highest BCUT2D eigenvalue weighted by atomic mass is 16.8. The van der Waals surface area contributed by atoms with Crippen LogP contribution in [0.25, 0.3) is 0 Å². The summed E-state index contributed by atoms with van der Waals surface area (Å²) in [5.41, 5.74) is -0.896. The minimum atomic E-state index is -1.43. The van der Waals surface area contributed by atoms with Gasteiger partial charge in [0.15, 0.2) is 5.79 Å². The Morgan fingerprint density at radius 1 is 1.07 bits per heavy atom. The van der Waals surface area contributed by atoms with Crippen LogP contribution in [0, 0.1) is 23.7 Å². The third kappa shape index (κ3) is 1.98. The molecule has 2 unspecified atom stereocenters. The Kier molecular flexibility index (Phi) is 3.46. The van der Waals surface area contributed by atoms with Crippen molar-refractivity contribution < 1.29 is 28.6 Å². The minimum Gasteiger partial charge on any atom is -0.467 e. The van der Waals surface area contributed by atoms with Gasteiger partial charge in [0.05, 0.1) is 24.6 Å². The first-order chi connectivity index (χ1) is 13.3. The van der Waals surface area contributed by atoms with E-state index in [1.54, 1.807) is 38.1 Å². The van der Waals surface area contributed by atoms with Crippen LogP contribution in [0.4, 0.5) is 5.69 Å². The van der Waals surface area contributed by atoms with E-state index in [-0.39, 0.29) is 11.8 Å². The second kappa shape index (κ2) is 5.52. The van der Waals surface area contributed by atoms with Crippen molar-refractivity contribution in [2.24, 2.45) is 23.7 Å². The lowest BCUT2D eigenvalue weighted by atomic mass is 9.55. The SMILES string of the molecule is COC(=O)[C@@]12OC(C)(C)O[C@@H]1[C@@H]1C=C[C@H]2C2C(=O)N(c3ccccc3)C(=O)C21. The van der Waals surface area contributed by atoms with Crippen LogP contribution < -0.4 is 4.90 Å². The van der Waals surface area contributed by atoms with Crippen LogP contribution >= 0.6 is 0 Å². The average molecular weight is 383 g/mol. The van der Waals surface area contributed by atoms with Gasteiger partial charge in [-0.25, -0.2) is 4.79 Å². The number of hydrogen-bond donors (Lipinski definition) is 0. The highest BCUT2D eigenvalue weighted by molar-refractivity contribution is 6.23. The Morgan fingerprint density at radius 3 is 2.43 bits per heavy atom. The molecule has 7 nitrogen and oxygen atoms in total. The number of hydrogen-bond acceptors (Lipinski definition) is 6. The van der Waals surface area contributed by atoms with Crippen molar-refractivity contribution in [1.29, 1.82) is 0 Å². The number of para-hydroxylation sites is 1. The van der Waals surface area contributed by atoms with E-state index < -0.39 is 47.1 Å².